The van der Waals surface area contributed by atoms with Crippen LogP contribution < -0.4 is 5.32 Å². The molecule has 0 atom stereocenters. The van der Waals surface area contributed by atoms with Crippen molar-refractivity contribution >= 4 is 5.91 Å². The Morgan fingerprint density at radius 3 is 1.97 bits per heavy atom. The average molecular weight is 383 g/mol. The number of nitrogens with one attached hydrogen (secondary N) is 1. The molecule has 144 valence electrons. The van der Waals surface area contributed by atoms with Crippen molar-refractivity contribution in [2.45, 2.75) is 18.9 Å². The molecule has 1 amide bonds. The molecule has 5 nitrogen and oxygen atoms in total. The molecule has 29 heavy (non-hydrogen) atoms. The summed E-state index contributed by atoms with van der Waals surface area (Å²) in [6.07, 6.45) is 0.341. The molecule has 0 aliphatic rings. The van der Waals surface area contributed by atoms with Crippen molar-refractivity contribution in [1.29, 1.82) is 0 Å². The first-order chi connectivity index (χ1) is 14.3. The molecule has 0 radical (unpaired) electrons. The Kier molecular flexibility index (Phi) is 5.76. The van der Waals surface area contributed by atoms with E-state index in [1.165, 1.54) is 0 Å². The van der Waals surface area contributed by atoms with Gasteiger partial charge in [0.1, 0.15) is 0 Å². The number of hydrogen-bond donors (Lipinski definition) is 1. The van der Waals surface area contributed by atoms with Gasteiger partial charge >= 0.3 is 0 Å². The van der Waals surface area contributed by atoms with E-state index in [0.717, 1.165) is 16.7 Å². The van der Waals surface area contributed by atoms with Gasteiger partial charge in [0.05, 0.1) is 6.54 Å². The van der Waals surface area contributed by atoms with Crippen molar-refractivity contribution in [2.75, 3.05) is 0 Å². The summed E-state index contributed by atoms with van der Waals surface area (Å²) < 4.78 is 5.27. The summed E-state index contributed by atoms with van der Waals surface area (Å²) in [5.74, 6) is 0.816. The molecule has 4 aromatic rings. The number of nitrogens with zero attached hydrogens (tertiary/aromatic N) is 2. The fraction of sp³-hybridized carbons (Fsp3) is 0.125. The third-order valence-electron chi connectivity index (χ3n) is 4.73. The van der Waals surface area contributed by atoms with E-state index in [9.17, 15) is 4.79 Å². The van der Waals surface area contributed by atoms with Crippen LogP contribution >= 0.6 is 0 Å². The fourth-order valence-electron chi connectivity index (χ4n) is 3.26. The molecule has 0 aliphatic heterocycles. The maximum absolute atomic E-state index is 12.6. The van der Waals surface area contributed by atoms with Crippen molar-refractivity contribution in [2.24, 2.45) is 0 Å². The van der Waals surface area contributed by atoms with Gasteiger partial charge in [-0.1, -0.05) is 96.2 Å². The second kappa shape index (κ2) is 8.97. The predicted molar refractivity (Wildman–Crippen MR) is 111 cm³/mol. The molecule has 1 aromatic heterocycles. The van der Waals surface area contributed by atoms with Gasteiger partial charge < -0.3 is 9.84 Å². The van der Waals surface area contributed by atoms with Crippen LogP contribution in [0.5, 0.6) is 0 Å². The molecule has 0 aliphatic carbocycles. The Morgan fingerprint density at radius 2 is 1.38 bits per heavy atom. The summed E-state index contributed by atoms with van der Waals surface area (Å²) in [4.78, 5) is 17.0. The summed E-state index contributed by atoms with van der Waals surface area (Å²) in [7, 11) is 0. The van der Waals surface area contributed by atoms with E-state index >= 15 is 0 Å². The van der Waals surface area contributed by atoms with Gasteiger partial charge in [0.25, 0.3) is 0 Å². The van der Waals surface area contributed by atoms with E-state index in [2.05, 4.69) is 39.7 Å². The SMILES string of the molecule is O=C(CC(c1ccccc1)c1ccccc1)NCc1nc(-c2ccccc2)no1. The van der Waals surface area contributed by atoms with Crippen LogP contribution in [-0.2, 0) is 11.3 Å². The minimum Gasteiger partial charge on any atom is -0.347 e. The Morgan fingerprint density at radius 1 is 0.828 bits per heavy atom. The van der Waals surface area contributed by atoms with Crippen LogP contribution in [0.3, 0.4) is 0 Å². The monoisotopic (exact) mass is 383 g/mol. The van der Waals surface area contributed by atoms with E-state index < -0.39 is 0 Å². The number of hydrogen-bond acceptors (Lipinski definition) is 4. The molecule has 0 unspecified atom stereocenters. The van der Waals surface area contributed by atoms with Crippen molar-refractivity contribution < 1.29 is 9.32 Å². The molecule has 0 saturated heterocycles. The quantitative estimate of drug-likeness (QED) is 0.507. The van der Waals surface area contributed by atoms with E-state index in [-0.39, 0.29) is 18.4 Å². The van der Waals surface area contributed by atoms with E-state index in [4.69, 9.17) is 4.52 Å². The highest BCUT2D eigenvalue weighted by Crippen LogP contribution is 2.27. The van der Waals surface area contributed by atoms with Crippen LogP contribution in [0.2, 0.25) is 0 Å². The third kappa shape index (κ3) is 4.76. The Bertz CT molecular complexity index is 1010. The van der Waals surface area contributed by atoms with Gasteiger partial charge in [-0.05, 0) is 11.1 Å². The van der Waals surface area contributed by atoms with E-state index in [1.54, 1.807) is 0 Å². The van der Waals surface area contributed by atoms with Gasteiger partial charge in [-0.15, -0.1) is 0 Å². The lowest BCUT2D eigenvalue weighted by molar-refractivity contribution is -0.121. The van der Waals surface area contributed by atoms with Crippen molar-refractivity contribution in [3.63, 3.8) is 0 Å². The minimum atomic E-state index is -0.0674. The standard InChI is InChI=1S/C24H21N3O2/c28-22(25-17-23-26-24(27-29-23)20-14-8-3-9-15-20)16-21(18-10-4-1-5-11-18)19-12-6-2-7-13-19/h1-15,21H,16-17H2,(H,25,28). The maximum atomic E-state index is 12.6. The minimum absolute atomic E-state index is 0.0139. The first-order valence-corrected chi connectivity index (χ1v) is 9.54. The van der Waals surface area contributed by atoms with Crippen LogP contribution in [-0.4, -0.2) is 16.0 Å². The largest absolute Gasteiger partial charge is 0.347 e. The van der Waals surface area contributed by atoms with Gasteiger partial charge in [0.2, 0.25) is 17.6 Å². The van der Waals surface area contributed by atoms with Gasteiger partial charge in [0.15, 0.2) is 0 Å². The smallest absolute Gasteiger partial charge is 0.246 e. The lowest BCUT2D eigenvalue weighted by Gasteiger charge is -2.17. The van der Waals surface area contributed by atoms with Crippen LogP contribution in [0.1, 0.15) is 29.4 Å². The molecular weight excluding hydrogens is 362 g/mol. The van der Waals surface area contributed by atoms with Crippen LogP contribution in [0.15, 0.2) is 95.5 Å². The summed E-state index contributed by atoms with van der Waals surface area (Å²) in [6, 6.07) is 29.7. The maximum Gasteiger partial charge on any atom is 0.246 e. The summed E-state index contributed by atoms with van der Waals surface area (Å²) in [5.41, 5.74) is 3.10. The molecule has 5 heteroatoms. The van der Waals surface area contributed by atoms with E-state index in [0.29, 0.717) is 18.1 Å². The first-order valence-electron chi connectivity index (χ1n) is 9.54. The fourth-order valence-corrected chi connectivity index (χ4v) is 3.26. The van der Waals surface area contributed by atoms with Crippen molar-refractivity contribution in [3.8, 4) is 11.4 Å². The van der Waals surface area contributed by atoms with Gasteiger partial charge in [-0.3, -0.25) is 4.79 Å². The first kappa shape index (κ1) is 18.6. The van der Waals surface area contributed by atoms with Crippen molar-refractivity contribution in [1.82, 2.24) is 15.5 Å². The summed E-state index contributed by atoms with van der Waals surface area (Å²) in [6.45, 7) is 0.203. The van der Waals surface area contributed by atoms with Crippen LogP contribution in [0.25, 0.3) is 11.4 Å². The van der Waals surface area contributed by atoms with Gasteiger partial charge in [-0.2, -0.15) is 4.98 Å². The number of carbonyl (C=O) groups excluding carboxylic acids is 1. The number of amides is 1. The summed E-state index contributed by atoms with van der Waals surface area (Å²) in [5, 5.41) is 6.88. The van der Waals surface area contributed by atoms with Crippen LogP contribution in [0.4, 0.5) is 0 Å². The number of benzene rings is 3. The molecule has 0 bridgehead atoms. The molecular formula is C24H21N3O2. The number of carbonyl (C=O) groups is 1. The predicted octanol–water partition coefficient (Wildman–Crippen LogP) is 4.58. The average Bonchev–Trinajstić information content (AvgIpc) is 3.27. The highest BCUT2D eigenvalue weighted by atomic mass is 16.5. The Balaban J connectivity index is 1.42. The molecule has 4 rings (SSSR count). The summed E-state index contributed by atoms with van der Waals surface area (Å²) >= 11 is 0. The van der Waals surface area contributed by atoms with Crippen molar-refractivity contribution in [3.05, 3.63) is 108 Å². The number of aromatic nitrogens is 2. The molecule has 0 fully saturated rings. The zero-order chi connectivity index (χ0) is 19.9. The third-order valence-corrected chi connectivity index (χ3v) is 4.73. The molecule has 3 aromatic carbocycles. The highest BCUT2D eigenvalue weighted by Gasteiger charge is 2.18. The van der Waals surface area contributed by atoms with E-state index in [1.807, 2.05) is 66.7 Å². The number of rotatable bonds is 7. The highest BCUT2D eigenvalue weighted by molar-refractivity contribution is 5.77. The van der Waals surface area contributed by atoms with Crippen LogP contribution in [0, 0.1) is 0 Å². The lowest BCUT2D eigenvalue weighted by atomic mass is 9.88. The Labute approximate surface area is 169 Å². The Hall–Kier alpha value is -3.73. The molecule has 1 N–H and O–H groups in total. The zero-order valence-electron chi connectivity index (χ0n) is 15.9. The second-order valence-electron chi connectivity index (χ2n) is 6.73. The lowest BCUT2D eigenvalue weighted by Crippen LogP contribution is -2.25. The van der Waals surface area contributed by atoms with Gasteiger partial charge in [0, 0.05) is 17.9 Å². The topological polar surface area (TPSA) is 68.0 Å². The molecule has 0 spiro atoms. The molecule has 1 heterocycles. The normalized spacial score (nSPS) is 10.8. The zero-order valence-corrected chi connectivity index (χ0v) is 15.9. The molecule has 0 saturated carbocycles. The van der Waals surface area contributed by atoms with Gasteiger partial charge in [-0.25, -0.2) is 0 Å². The second-order valence-corrected chi connectivity index (χ2v) is 6.73.